The molecule has 0 aliphatic heterocycles. The number of hydrogen-bond acceptors (Lipinski definition) is 5. The molecule has 0 spiro atoms. The molecule has 1 heterocycles. The second-order valence-electron chi connectivity index (χ2n) is 5.60. The lowest BCUT2D eigenvalue weighted by atomic mass is 10.3. The topological polar surface area (TPSA) is 59.0 Å². The van der Waals surface area contributed by atoms with Gasteiger partial charge < -0.3 is 19.7 Å². The summed E-state index contributed by atoms with van der Waals surface area (Å²) < 4.78 is 10.9. The molecule has 0 aliphatic rings. The van der Waals surface area contributed by atoms with E-state index in [1.165, 1.54) is 4.88 Å². The van der Waals surface area contributed by atoms with Gasteiger partial charge in [-0.1, -0.05) is 0 Å². The first-order valence-electron chi connectivity index (χ1n) is 8.15. The first-order valence-corrected chi connectivity index (χ1v) is 8.96. The van der Waals surface area contributed by atoms with Gasteiger partial charge in [-0.15, -0.1) is 35.3 Å². The lowest BCUT2D eigenvalue weighted by Crippen LogP contribution is -2.40. The van der Waals surface area contributed by atoms with Crippen LogP contribution in [0.2, 0.25) is 0 Å². The normalized spacial score (nSPS) is 10.9. The van der Waals surface area contributed by atoms with Crippen LogP contribution in [0, 0.1) is 13.8 Å². The molecule has 0 aliphatic carbocycles. The van der Waals surface area contributed by atoms with E-state index >= 15 is 0 Å². The fourth-order valence-corrected chi connectivity index (χ4v) is 3.11. The molecule has 6 nitrogen and oxygen atoms in total. The van der Waals surface area contributed by atoms with Crippen LogP contribution in [0.25, 0.3) is 0 Å². The van der Waals surface area contributed by atoms with Crippen molar-refractivity contribution in [1.82, 2.24) is 15.2 Å². The van der Waals surface area contributed by atoms with Crippen molar-refractivity contribution < 1.29 is 9.47 Å². The molecular weight excluding hydrogens is 463 g/mol. The third-order valence-electron chi connectivity index (χ3n) is 3.80. The minimum absolute atomic E-state index is 0. The fraction of sp³-hybridized carbons (Fsp3) is 0.444. The Labute approximate surface area is 176 Å². The molecule has 0 saturated carbocycles. The quantitative estimate of drug-likeness (QED) is 0.366. The highest BCUT2D eigenvalue weighted by molar-refractivity contribution is 14.0. The summed E-state index contributed by atoms with van der Waals surface area (Å²) in [5, 5.41) is 4.41. The molecule has 0 radical (unpaired) electrons. The van der Waals surface area contributed by atoms with E-state index in [2.05, 4.69) is 22.2 Å². The van der Waals surface area contributed by atoms with Crippen molar-refractivity contribution in [2.24, 2.45) is 4.99 Å². The maximum Gasteiger partial charge on any atom is 0.193 e. The predicted octanol–water partition coefficient (Wildman–Crippen LogP) is 3.47. The first kappa shape index (κ1) is 22.5. The van der Waals surface area contributed by atoms with Gasteiger partial charge in [-0.25, -0.2) is 4.98 Å². The molecule has 1 N–H and O–H groups in total. The number of aryl methyl sites for hydroxylation is 2. The van der Waals surface area contributed by atoms with Gasteiger partial charge in [-0.3, -0.25) is 4.99 Å². The van der Waals surface area contributed by atoms with Crippen LogP contribution in [0.1, 0.15) is 15.6 Å². The minimum atomic E-state index is 0. The molecule has 8 heteroatoms. The van der Waals surface area contributed by atoms with Gasteiger partial charge in [0.05, 0.1) is 25.9 Å². The average Bonchev–Trinajstić information content (AvgIpc) is 2.94. The number of thiazole rings is 1. The van der Waals surface area contributed by atoms with E-state index in [1.807, 2.05) is 43.1 Å². The maximum atomic E-state index is 5.76. The largest absolute Gasteiger partial charge is 0.497 e. The third kappa shape index (κ3) is 6.64. The van der Waals surface area contributed by atoms with Gasteiger partial charge >= 0.3 is 0 Å². The average molecular weight is 490 g/mol. The minimum Gasteiger partial charge on any atom is -0.497 e. The molecule has 144 valence electrons. The van der Waals surface area contributed by atoms with Crippen LogP contribution >= 0.6 is 35.3 Å². The number of guanidine groups is 1. The zero-order valence-electron chi connectivity index (χ0n) is 15.9. The molecule has 0 amide bonds. The standard InChI is InChI=1S/C18H26N4O2S.HI/c1-13-14(2)25-17(21-13)12-20-18(19-3)22(4)10-11-24-16-8-6-15(23-5)7-9-16;/h6-9H,10-12H2,1-5H3,(H,19,20);1H. The molecule has 0 bridgehead atoms. The number of methoxy groups -OCH3 is 1. The van der Waals surface area contributed by atoms with Crippen molar-refractivity contribution in [3.05, 3.63) is 39.8 Å². The Hall–Kier alpha value is -1.55. The number of nitrogens with one attached hydrogen (secondary N) is 1. The van der Waals surface area contributed by atoms with E-state index in [4.69, 9.17) is 9.47 Å². The lowest BCUT2D eigenvalue weighted by Gasteiger charge is -2.21. The number of rotatable bonds is 7. The molecule has 0 saturated heterocycles. The molecule has 26 heavy (non-hydrogen) atoms. The number of ether oxygens (including phenoxy) is 2. The van der Waals surface area contributed by atoms with Gasteiger partial charge in [-0.05, 0) is 38.1 Å². The first-order chi connectivity index (χ1) is 12.0. The summed E-state index contributed by atoms with van der Waals surface area (Å²) in [6.07, 6.45) is 0. The summed E-state index contributed by atoms with van der Waals surface area (Å²) in [6, 6.07) is 7.58. The van der Waals surface area contributed by atoms with Gasteiger partial charge in [0.25, 0.3) is 0 Å². The Morgan fingerprint density at radius 2 is 1.88 bits per heavy atom. The smallest absolute Gasteiger partial charge is 0.193 e. The highest BCUT2D eigenvalue weighted by Gasteiger charge is 2.08. The van der Waals surface area contributed by atoms with Crippen LogP contribution in [-0.4, -0.2) is 50.2 Å². The van der Waals surface area contributed by atoms with Crippen LogP contribution in [0.3, 0.4) is 0 Å². The molecule has 2 rings (SSSR count). The van der Waals surface area contributed by atoms with E-state index < -0.39 is 0 Å². The number of likely N-dealkylation sites (N-methyl/N-ethyl adjacent to an activating group) is 1. The molecular formula is C18H27IN4O2S. The predicted molar refractivity (Wildman–Crippen MR) is 118 cm³/mol. The van der Waals surface area contributed by atoms with E-state index in [9.17, 15) is 0 Å². The molecule has 0 fully saturated rings. The van der Waals surface area contributed by atoms with Gasteiger partial charge in [0.15, 0.2) is 5.96 Å². The Morgan fingerprint density at radius 3 is 2.42 bits per heavy atom. The molecule has 1 aromatic carbocycles. The van der Waals surface area contributed by atoms with Crippen molar-refractivity contribution >= 4 is 41.3 Å². The summed E-state index contributed by atoms with van der Waals surface area (Å²) in [4.78, 5) is 12.2. The van der Waals surface area contributed by atoms with Crippen LogP contribution in [-0.2, 0) is 6.54 Å². The van der Waals surface area contributed by atoms with E-state index in [-0.39, 0.29) is 24.0 Å². The SMILES string of the molecule is CN=C(NCc1nc(C)c(C)s1)N(C)CCOc1ccc(OC)cc1.I. The number of halogens is 1. The molecule has 0 atom stereocenters. The van der Waals surface area contributed by atoms with Crippen LogP contribution in [0.4, 0.5) is 0 Å². The van der Waals surface area contributed by atoms with E-state index in [0.29, 0.717) is 13.2 Å². The summed E-state index contributed by atoms with van der Waals surface area (Å²) in [7, 11) is 5.42. The zero-order chi connectivity index (χ0) is 18.2. The summed E-state index contributed by atoms with van der Waals surface area (Å²) >= 11 is 1.71. The maximum absolute atomic E-state index is 5.76. The van der Waals surface area contributed by atoms with Crippen molar-refractivity contribution in [3.8, 4) is 11.5 Å². The van der Waals surface area contributed by atoms with Crippen molar-refractivity contribution in [2.45, 2.75) is 20.4 Å². The van der Waals surface area contributed by atoms with Gasteiger partial charge in [-0.2, -0.15) is 0 Å². The summed E-state index contributed by atoms with van der Waals surface area (Å²) in [5.74, 6) is 2.47. The van der Waals surface area contributed by atoms with Crippen molar-refractivity contribution in [3.63, 3.8) is 0 Å². The van der Waals surface area contributed by atoms with Crippen LogP contribution in [0.5, 0.6) is 11.5 Å². The van der Waals surface area contributed by atoms with Gasteiger partial charge in [0, 0.05) is 19.0 Å². The Balaban J connectivity index is 0.00000338. The van der Waals surface area contributed by atoms with E-state index in [0.717, 1.165) is 34.7 Å². The summed E-state index contributed by atoms with van der Waals surface area (Å²) in [5.41, 5.74) is 1.10. The Kier molecular flexibility index (Phi) is 9.71. The highest BCUT2D eigenvalue weighted by atomic mass is 127. The lowest BCUT2D eigenvalue weighted by molar-refractivity contribution is 0.281. The van der Waals surface area contributed by atoms with Gasteiger partial charge in [0.2, 0.25) is 0 Å². The number of aliphatic imine (C=N–C) groups is 1. The second-order valence-corrected chi connectivity index (χ2v) is 6.88. The number of aromatic nitrogens is 1. The van der Waals surface area contributed by atoms with Crippen molar-refractivity contribution in [2.75, 3.05) is 34.4 Å². The molecule has 2 aromatic rings. The summed E-state index contributed by atoms with van der Waals surface area (Å²) in [6.45, 7) is 6.09. The van der Waals surface area contributed by atoms with E-state index in [1.54, 1.807) is 25.5 Å². The Morgan fingerprint density at radius 1 is 1.23 bits per heavy atom. The van der Waals surface area contributed by atoms with Crippen LogP contribution in [0.15, 0.2) is 29.3 Å². The highest BCUT2D eigenvalue weighted by Crippen LogP contribution is 2.17. The van der Waals surface area contributed by atoms with Crippen molar-refractivity contribution in [1.29, 1.82) is 0 Å². The number of nitrogens with zero attached hydrogens (tertiary/aromatic N) is 3. The zero-order valence-corrected chi connectivity index (χ0v) is 19.1. The second kappa shape index (κ2) is 11.2. The number of benzene rings is 1. The molecule has 0 unspecified atom stereocenters. The monoisotopic (exact) mass is 490 g/mol. The van der Waals surface area contributed by atoms with Gasteiger partial charge in [0.1, 0.15) is 23.1 Å². The Bertz CT molecular complexity index is 684. The third-order valence-corrected chi connectivity index (χ3v) is 4.87. The fourth-order valence-electron chi connectivity index (χ4n) is 2.23. The molecule has 1 aromatic heterocycles. The number of hydrogen-bond donors (Lipinski definition) is 1. The van der Waals surface area contributed by atoms with Crippen LogP contribution < -0.4 is 14.8 Å².